The van der Waals surface area contributed by atoms with Gasteiger partial charge in [-0.2, -0.15) is 5.10 Å². The van der Waals surface area contributed by atoms with Crippen molar-refractivity contribution in [2.24, 2.45) is 0 Å². The van der Waals surface area contributed by atoms with Crippen LogP contribution in [0.3, 0.4) is 0 Å². The molecule has 1 saturated heterocycles. The van der Waals surface area contributed by atoms with E-state index in [1.54, 1.807) is 40.0 Å². The normalized spacial score (nSPS) is 17.4. The summed E-state index contributed by atoms with van der Waals surface area (Å²) in [6.45, 7) is 0.498. The first-order valence-electron chi connectivity index (χ1n) is 11.3. The molecule has 0 aliphatic carbocycles. The molecule has 0 bridgehead atoms. The van der Waals surface area contributed by atoms with Gasteiger partial charge in [-0.3, -0.25) is 29.4 Å². The Labute approximate surface area is 204 Å². The molecule has 2 aliphatic rings. The van der Waals surface area contributed by atoms with Crippen LogP contribution in [-0.2, 0) is 16.1 Å². The van der Waals surface area contributed by atoms with E-state index in [0.717, 1.165) is 16.2 Å². The SMILES string of the molecule is O=C1CCC(N2C(=O)c3ccc(-c4cn(Cc5ccc(-n6cccn6)cc5)nn4)cc3C2=O)C(=O)N1. The average molecular weight is 481 g/mol. The molecule has 0 saturated carbocycles. The molecular formula is C25H19N7O4. The van der Waals surface area contributed by atoms with Gasteiger partial charge in [0.05, 0.1) is 29.6 Å². The van der Waals surface area contributed by atoms with Crippen molar-refractivity contribution < 1.29 is 19.2 Å². The average Bonchev–Trinajstić information content (AvgIpc) is 3.62. The van der Waals surface area contributed by atoms with Gasteiger partial charge in [0, 0.05) is 24.4 Å². The van der Waals surface area contributed by atoms with Gasteiger partial charge in [0.25, 0.3) is 11.8 Å². The lowest BCUT2D eigenvalue weighted by molar-refractivity contribution is -0.136. The molecule has 36 heavy (non-hydrogen) atoms. The summed E-state index contributed by atoms with van der Waals surface area (Å²) in [7, 11) is 0. The van der Waals surface area contributed by atoms with Crippen LogP contribution in [0.15, 0.2) is 67.1 Å². The molecule has 1 atom stereocenters. The van der Waals surface area contributed by atoms with Crippen LogP contribution >= 0.6 is 0 Å². The monoisotopic (exact) mass is 481 g/mol. The van der Waals surface area contributed by atoms with E-state index in [9.17, 15) is 19.2 Å². The van der Waals surface area contributed by atoms with Crippen LogP contribution in [0.25, 0.3) is 16.9 Å². The smallest absolute Gasteiger partial charge is 0.262 e. The molecular weight excluding hydrogens is 462 g/mol. The number of benzene rings is 2. The summed E-state index contributed by atoms with van der Waals surface area (Å²) in [5, 5.41) is 14.8. The highest BCUT2D eigenvalue weighted by Crippen LogP contribution is 2.30. The zero-order valence-corrected chi connectivity index (χ0v) is 18.9. The van der Waals surface area contributed by atoms with Gasteiger partial charge in [-0.05, 0) is 42.3 Å². The number of rotatable bonds is 5. The Hall–Kier alpha value is -4.93. The molecule has 2 aliphatic heterocycles. The lowest BCUT2D eigenvalue weighted by Gasteiger charge is -2.27. The summed E-state index contributed by atoms with van der Waals surface area (Å²) >= 11 is 0. The Kier molecular flexibility index (Phi) is 5.03. The van der Waals surface area contributed by atoms with Crippen LogP contribution in [-0.4, -0.2) is 59.3 Å². The number of nitrogens with zero attached hydrogens (tertiary/aromatic N) is 6. The van der Waals surface area contributed by atoms with E-state index in [-0.39, 0.29) is 24.0 Å². The van der Waals surface area contributed by atoms with Crippen LogP contribution in [0, 0.1) is 0 Å². The van der Waals surface area contributed by atoms with E-state index < -0.39 is 29.7 Å². The summed E-state index contributed by atoms with van der Waals surface area (Å²) in [6.07, 6.45) is 5.55. The summed E-state index contributed by atoms with van der Waals surface area (Å²) in [5.74, 6) is -2.15. The maximum atomic E-state index is 13.1. The van der Waals surface area contributed by atoms with E-state index in [1.807, 2.05) is 36.5 Å². The van der Waals surface area contributed by atoms with E-state index >= 15 is 0 Å². The molecule has 0 spiro atoms. The number of piperidine rings is 1. The standard InChI is InChI=1S/C25H19N7O4/c33-22-9-8-21(23(34)27-22)32-24(35)18-7-4-16(12-19(18)25(32)36)20-14-30(29-28-20)13-15-2-5-17(6-3-15)31-11-1-10-26-31/h1-7,10-12,14,21H,8-9,13H2,(H,27,33,34). The van der Waals surface area contributed by atoms with Crippen molar-refractivity contribution in [3.05, 3.63) is 83.8 Å². The molecule has 1 N–H and O–H groups in total. The van der Waals surface area contributed by atoms with E-state index in [4.69, 9.17) is 0 Å². The number of imide groups is 2. The molecule has 178 valence electrons. The fraction of sp³-hybridized carbons (Fsp3) is 0.160. The Bertz CT molecular complexity index is 1520. The van der Waals surface area contributed by atoms with Gasteiger partial charge in [-0.1, -0.05) is 23.4 Å². The minimum atomic E-state index is -1.00. The van der Waals surface area contributed by atoms with Crippen molar-refractivity contribution in [1.29, 1.82) is 0 Å². The highest BCUT2D eigenvalue weighted by Gasteiger charge is 2.44. The molecule has 2 aromatic carbocycles. The third-order valence-electron chi connectivity index (χ3n) is 6.32. The van der Waals surface area contributed by atoms with Crippen LogP contribution in [0.2, 0.25) is 0 Å². The van der Waals surface area contributed by atoms with Crippen LogP contribution in [0.5, 0.6) is 0 Å². The van der Waals surface area contributed by atoms with Crippen LogP contribution in [0.1, 0.15) is 39.1 Å². The number of carbonyl (C=O) groups excluding carboxylic acids is 4. The van der Waals surface area contributed by atoms with Crippen molar-refractivity contribution in [1.82, 2.24) is 35.0 Å². The lowest BCUT2D eigenvalue weighted by Crippen LogP contribution is -2.54. The summed E-state index contributed by atoms with van der Waals surface area (Å²) in [6, 6.07) is 13.6. The van der Waals surface area contributed by atoms with Gasteiger partial charge >= 0.3 is 0 Å². The van der Waals surface area contributed by atoms with Gasteiger partial charge in [0.2, 0.25) is 11.8 Å². The first-order valence-corrected chi connectivity index (χ1v) is 11.3. The summed E-state index contributed by atoms with van der Waals surface area (Å²) < 4.78 is 3.46. The number of amides is 4. The van der Waals surface area contributed by atoms with E-state index in [1.165, 1.54) is 0 Å². The quantitative estimate of drug-likeness (QED) is 0.428. The fourth-order valence-electron chi connectivity index (χ4n) is 4.50. The Morgan fingerprint density at radius 2 is 1.78 bits per heavy atom. The van der Waals surface area contributed by atoms with Gasteiger partial charge in [0.15, 0.2) is 0 Å². The largest absolute Gasteiger partial charge is 0.295 e. The van der Waals surface area contributed by atoms with Gasteiger partial charge < -0.3 is 0 Å². The van der Waals surface area contributed by atoms with Crippen molar-refractivity contribution in [2.45, 2.75) is 25.4 Å². The first kappa shape index (κ1) is 21.6. The molecule has 0 radical (unpaired) electrons. The van der Waals surface area contributed by atoms with Crippen molar-refractivity contribution in [3.8, 4) is 16.9 Å². The molecule has 4 heterocycles. The van der Waals surface area contributed by atoms with E-state index in [2.05, 4.69) is 20.7 Å². The number of fused-ring (bicyclic) bond motifs is 1. The topological polar surface area (TPSA) is 132 Å². The van der Waals surface area contributed by atoms with Crippen LogP contribution < -0.4 is 5.32 Å². The zero-order valence-electron chi connectivity index (χ0n) is 18.9. The van der Waals surface area contributed by atoms with E-state index in [0.29, 0.717) is 17.8 Å². The van der Waals surface area contributed by atoms with Gasteiger partial charge in [-0.15, -0.1) is 5.10 Å². The summed E-state index contributed by atoms with van der Waals surface area (Å²) in [4.78, 5) is 50.6. The Balaban J connectivity index is 1.21. The molecule has 4 aromatic rings. The highest BCUT2D eigenvalue weighted by molar-refractivity contribution is 6.23. The minimum absolute atomic E-state index is 0.0735. The predicted octanol–water partition coefficient (Wildman–Crippen LogP) is 1.58. The third kappa shape index (κ3) is 3.66. The van der Waals surface area contributed by atoms with Crippen molar-refractivity contribution >= 4 is 23.6 Å². The highest BCUT2D eigenvalue weighted by atomic mass is 16.2. The lowest BCUT2D eigenvalue weighted by atomic mass is 10.0. The Morgan fingerprint density at radius 1 is 0.972 bits per heavy atom. The number of carbonyl (C=O) groups is 4. The fourth-order valence-corrected chi connectivity index (χ4v) is 4.50. The number of nitrogens with one attached hydrogen (secondary N) is 1. The van der Waals surface area contributed by atoms with Crippen LogP contribution in [0.4, 0.5) is 0 Å². The minimum Gasteiger partial charge on any atom is -0.295 e. The second-order valence-corrected chi connectivity index (χ2v) is 8.63. The Morgan fingerprint density at radius 3 is 2.53 bits per heavy atom. The predicted molar refractivity (Wildman–Crippen MR) is 125 cm³/mol. The number of aromatic nitrogens is 5. The molecule has 2 aromatic heterocycles. The second kappa shape index (κ2) is 8.38. The van der Waals surface area contributed by atoms with Gasteiger partial charge in [-0.25, -0.2) is 9.36 Å². The summed E-state index contributed by atoms with van der Waals surface area (Å²) in [5.41, 5.74) is 3.57. The number of hydrogen-bond donors (Lipinski definition) is 1. The molecule has 11 heteroatoms. The maximum absolute atomic E-state index is 13.1. The maximum Gasteiger partial charge on any atom is 0.262 e. The molecule has 1 fully saturated rings. The molecule has 1 unspecified atom stereocenters. The third-order valence-corrected chi connectivity index (χ3v) is 6.32. The molecule has 6 rings (SSSR count). The molecule has 11 nitrogen and oxygen atoms in total. The van der Waals surface area contributed by atoms with Crippen molar-refractivity contribution in [2.75, 3.05) is 0 Å². The second-order valence-electron chi connectivity index (χ2n) is 8.63. The van der Waals surface area contributed by atoms with Gasteiger partial charge in [0.1, 0.15) is 11.7 Å². The first-order chi connectivity index (χ1) is 17.5. The molecule has 4 amide bonds. The number of hydrogen-bond acceptors (Lipinski definition) is 7. The van der Waals surface area contributed by atoms with Crippen molar-refractivity contribution in [3.63, 3.8) is 0 Å². The zero-order chi connectivity index (χ0) is 24.8.